The van der Waals surface area contributed by atoms with Crippen molar-refractivity contribution in [3.05, 3.63) is 15.8 Å². The topological polar surface area (TPSA) is 110 Å². The fraction of sp³-hybridized carbons (Fsp3) is 0.679. The highest BCUT2D eigenvalue weighted by Gasteiger charge is 2.38. The van der Waals surface area contributed by atoms with E-state index in [0.29, 0.717) is 42.2 Å². The van der Waals surface area contributed by atoms with Crippen molar-refractivity contribution in [1.29, 1.82) is 0 Å². The van der Waals surface area contributed by atoms with Gasteiger partial charge < -0.3 is 20.5 Å². The molecule has 1 heterocycles. The maximum atomic E-state index is 14.0. The molecule has 0 spiro atoms. The molecule has 3 rings (SSSR count). The number of nitrogens with two attached hydrogens (primary N) is 1. The molecule has 2 saturated carbocycles. The van der Waals surface area contributed by atoms with E-state index in [1.165, 1.54) is 0 Å². The fourth-order valence-electron chi connectivity index (χ4n) is 4.92. The summed E-state index contributed by atoms with van der Waals surface area (Å²) in [5.41, 5.74) is 5.87. The van der Waals surface area contributed by atoms with Crippen molar-refractivity contribution in [2.75, 3.05) is 4.90 Å². The predicted octanol–water partition coefficient (Wildman–Crippen LogP) is 5.20. The van der Waals surface area contributed by atoms with Crippen LogP contribution in [0.25, 0.3) is 0 Å². The molecule has 1 aromatic rings. The Balaban J connectivity index is 1.92. The molecule has 2 aliphatic rings. The molecule has 0 saturated heterocycles. The van der Waals surface area contributed by atoms with E-state index < -0.39 is 18.0 Å². The number of carboxylic acid groups (broad SMARTS) is 1. The number of carboxylic acids is 1. The van der Waals surface area contributed by atoms with E-state index in [0.717, 1.165) is 37.0 Å². The zero-order valence-corrected chi connectivity index (χ0v) is 23.0. The summed E-state index contributed by atoms with van der Waals surface area (Å²) >= 11 is 1.13. The van der Waals surface area contributed by atoms with Crippen LogP contribution in [0.15, 0.2) is 6.07 Å². The largest absolute Gasteiger partial charge is 0.477 e. The summed E-state index contributed by atoms with van der Waals surface area (Å²) < 4.78 is 5.53. The van der Waals surface area contributed by atoms with Crippen LogP contribution in [0.3, 0.4) is 0 Å². The highest BCUT2D eigenvalue weighted by molar-refractivity contribution is 7.15. The van der Waals surface area contributed by atoms with Gasteiger partial charge in [-0.2, -0.15) is 0 Å². The number of ether oxygens (including phenoxy) is 1. The first-order valence-corrected chi connectivity index (χ1v) is 13.9. The normalized spacial score (nSPS) is 25.3. The quantitative estimate of drug-likeness (QED) is 0.397. The molecule has 7 nitrogen and oxygen atoms in total. The molecule has 0 radical (unpaired) electrons. The molecular formula is C28H40N2O5S. The highest BCUT2D eigenvalue weighted by Crippen LogP contribution is 2.39. The van der Waals surface area contributed by atoms with Gasteiger partial charge in [0, 0.05) is 17.4 Å². The van der Waals surface area contributed by atoms with E-state index >= 15 is 0 Å². The van der Waals surface area contributed by atoms with Crippen LogP contribution in [0.2, 0.25) is 0 Å². The molecule has 198 valence electrons. The second kappa shape index (κ2) is 11.8. The lowest BCUT2D eigenvalue weighted by Gasteiger charge is -2.39. The molecule has 1 amide bonds. The van der Waals surface area contributed by atoms with Gasteiger partial charge in [0.05, 0.1) is 10.6 Å². The number of nitrogens with zero attached hydrogens (tertiary/aromatic N) is 1. The summed E-state index contributed by atoms with van der Waals surface area (Å²) in [6.45, 7) is 9.82. The van der Waals surface area contributed by atoms with Gasteiger partial charge in [0.25, 0.3) is 0 Å². The van der Waals surface area contributed by atoms with Crippen molar-refractivity contribution in [3.63, 3.8) is 0 Å². The molecule has 2 aliphatic carbocycles. The third-order valence-corrected chi connectivity index (χ3v) is 8.02. The fourth-order valence-corrected chi connectivity index (χ4v) is 5.76. The maximum Gasteiger partial charge on any atom is 0.348 e. The van der Waals surface area contributed by atoms with Gasteiger partial charge in [0.15, 0.2) is 0 Å². The third kappa shape index (κ3) is 7.33. The number of rotatable bonds is 6. The molecular weight excluding hydrogens is 476 g/mol. The summed E-state index contributed by atoms with van der Waals surface area (Å²) in [6, 6.07) is 0.947. The van der Waals surface area contributed by atoms with E-state index in [-0.39, 0.29) is 34.3 Å². The number of esters is 1. The zero-order valence-electron chi connectivity index (χ0n) is 22.1. The average molecular weight is 517 g/mol. The molecule has 0 bridgehead atoms. The van der Waals surface area contributed by atoms with Crippen LogP contribution in [-0.2, 0) is 14.3 Å². The second-order valence-electron chi connectivity index (χ2n) is 11.5. The number of aromatic carboxylic acids is 1. The van der Waals surface area contributed by atoms with Crippen LogP contribution in [0.4, 0.5) is 5.69 Å². The highest BCUT2D eigenvalue weighted by atomic mass is 32.1. The number of thiophene rings is 1. The molecule has 1 atom stereocenters. The van der Waals surface area contributed by atoms with Crippen LogP contribution >= 0.6 is 11.3 Å². The van der Waals surface area contributed by atoms with Crippen LogP contribution < -0.4 is 10.6 Å². The number of hydrogen-bond acceptors (Lipinski definition) is 6. The average Bonchev–Trinajstić information content (AvgIpc) is 3.23. The van der Waals surface area contributed by atoms with E-state index in [4.69, 9.17) is 10.5 Å². The van der Waals surface area contributed by atoms with Gasteiger partial charge in [-0.15, -0.1) is 11.3 Å². The Labute approximate surface area is 218 Å². The molecule has 36 heavy (non-hydrogen) atoms. The molecule has 0 aromatic carbocycles. The van der Waals surface area contributed by atoms with Crippen molar-refractivity contribution in [1.82, 2.24) is 0 Å². The molecule has 3 N–H and O–H groups in total. The molecule has 0 aliphatic heterocycles. The molecule has 8 heteroatoms. The standard InChI is InChI=1S/C28H40N2O5S/c1-17-6-8-19(9-7-17)25(31)30(20-10-12-21(13-11-20)35-27(34)18(2)29)23-16-22(14-15-28(3,4)5)36-24(23)26(32)33/h16-21H,6-13,29H2,1-5H3,(H,32,33)/t17?,18-,19?,20?,21?/m0/s1. The van der Waals surface area contributed by atoms with Gasteiger partial charge in [-0.05, 0) is 91.0 Å². The van der Waals surface area contributed by atoms with Gasteiger partial charge in [0.2, 0.25) is 5.91 Å². The van der Waals surface area contributed by atoms with Crippen molar-refractivity contribution in [3.8, 4) is 11.8 Å². The number of anilines is 1. The minimum Gasteiger partial charge on any atom is -0.477 e. The first-order chi connectivity index (χ1) is 16.9. The van der Waals surface area contributed by atoms with Crippen molar-refractivity contribution >= 4 is 34.9 Å². The Bertz CT molecular complexity index is 1010. The smallest absolute Gasteiger partial charge is 0.348 e. The van der Waals surface area contributed by atoms with Crippen LogP contribution in [0.1, 0.15) is 101 Å². The summed E-state index contributed by atoms with van der Waals surface area (Å²) in [5.74, 6) is 5.32. The van der Waals surface area contributed by atoms with Gasteiger partial charge in [-0.1, -0.05) is 18.8 Å². The summed E-state index contributed by atoms with van der Waals surface area (Å²) in [7, 11) is 0. The maximum absolute atomic E-state index is 14.0. The molecule has 2 fully saturated rings. The van der Waals surface area contributed by atoms with Crippen LogP contribution in [0, 0.1) is 29.1 Å². The van der Waals surface area contributed by atoms with Crippen LogP contribution in [0.5, 0.6) is 0 Å². The minimum atomic E-state index is -1.05. The monoisotopic (exact) mass is 516 g/mol. The summed E-state index contributed by atoms with van der Waals surface area (Å²) in [6.07, 6.45) is 5.89. The van der Waals surface area contributed by atoms with Crippen molar-refractivity contribution < 1.29 is 24.2 Å². The van der Waals surface area contributed by atoms with E-state index in [9.17, 15) is 19.5 Å². The van der Waals surface area contributed by atoms with Crippen molar-refractivity contribution in [2.24, 2.45) is 23.0 Å². The minimum absolute atomic E-state index is 0.00792. The van der Waals surface area contributed by atoms with Crippen LogP contribution in [-0.4, -0.2) is 41.1 Å². The van der Waals surface area contributed by atoms with Gasteiger partial charge in [0.1, 0.15) is 17.0 Å². The summed E-state index contributed by atoms with van der Waals surface area (Å²) in [5, 5.41) is 10.0. The van der Waals surface area contributed by atoms with E-state index in [1.54, 1.807) is 17.9 Å². The Morgan fingerprint density at radius 2 is 1.72 bits per heavy atom. The lowest BCUT2D eigenvalue weighted by molar-refractivity contribution is -0.152. The predicted molar refractivity (Wildman–Crippen MR) is 142 cm³/mol. The number of hydrogen-bond donors (Lipinski definition) is 2. The van der Waals surface area contributed by atoms with Crippen molar-refractivity contribution in [2.45, 2.75) is 104 Å². The lowest BCUT2D eigenvalue weighted by Crippen LogP contribution is -2.47. The van der Waals surface area contributed by atoms with E-state index in [2.05, 4.69) is 18.8 Å². The zero-order chi connectivity index (χ0) is 26.6. The third-order valence-electron chi connectivity index (χ3n) is 6.99. The Morgan fingerprint density at radius 3 is 2.25 bits per heavy atom. The molecule has 0 unspecified atom stereocenters. The van der Waals surface area contributed by atoms with Gasteiger partial charge in [-0.3, -0.25) is 9.59 Å². The first kappa shape index (κ1) is 28.2. The second-order valence-corrected chi connectivity index (χ2v) is 12.5. The SMILES string of the molecule is CC1CCC(C(=O)N(c2cc(C#CC(C)(C)C)sc2C(=O)O)C2CCC(OC(=O)[C@H](C)N)CC2)CC1. The first-order valence-electron chi connectivity index (χ1n) is 13.0. The van der Waals surface area contributed by atoms with E-state index in [1.807, 2.05) is 20.8 Å². The molecule has 1 aromatic heterocycles. The summed E-state index contributed by atoms with van der Waals surface area (Å²) in [4.78, 5) is 40.7. The number of amides is 1. The Morgan fingerprint density at radius 1 is 1.11 bits per heavy atom. The van der Waals surface area contributed by atoms with Gasteiger partial charge in [-0.25, -0.2) is 4.79 Å². The van der Waals surface area contributed by atoms with Gasteiger partial charge >= 0.3 is 11.9 Å². The number of carbonyl (C=O) groups excluding carboxylic acids is 2. The Hall–Kier alpha value is -2.37. The Kier molecular flexibility index (Phi) is 9.23. The number of carbonyl (C=O) groups is 3. The lowest BCUT2D eigenvalue weighted by atomic mass is 9.81.